The van der Waals surface area contributed by atoms with Crippen molar-refractivity contribution in [2.45, 2.75) is 6.32 Å². The van der Waals surface area contributed by atoms with Crippen molar-refractivity contribution >= 4 is 17.6 Å². The number of hydrogen-bond donors (Lipinski definition) is 0. The van der Waals surface area contributed by atoms with Gasteiger partial charge in [-0.25, -0.2) is 0 Å². The largest absolute Gasteiger partial charge is 0.213 e. The summed E-state index contributed by atoms with van der Waals surface area (Å²) in [7, 11) is 0. The first-order valence-electron chi connectivity index (χ1n) is 6.42. The molecule has 0 amide bonds. The zero-order valence-electron chi connectivity index (χ0n) is 10.3. The highest BCUT2D eigenvalue weighted by molar-refractivity contribution is 6.90. The van der Waals surface area contributed by atoms with Gasteiger partial charge in [0.1, 0.15) is 0 Å². The highest BCUT2D eigenvalue weighted by Gasteiger charge is 2.22. The molecule has 2 aromatic carbocycles. The summed E-state index contributed by atoms with van der Waals surface area (Å²) in [6.45, 7) is 0.485. The van der Waals surface area contributed by atoms with Gasteiger partial charge in [0.2, 0.25) is 6.71 Å². The lowest BCUT2D eigenvalue weighted by Gasteiger charge is -2.19. The Morgan fingerprint density at radius 3 is 2.17 bits per heavy atom. The van der Waals surface area contributed by atoms with Gasteiger partial charge in [-0.2, -0.15) is 0 Å². The second-order valence-electron chi connectivity index (χ2n) is 4.62. The zero-order chi connectivity index (χ0) is 12.2. The highest BCUT2D eigenvalue weighted by atomic mass is 14.0. The van der Waals surface area contributed by atoms with Crippen LogP contribution < -0.4 is 5.46 Å². The number of benzene rings is 2. The van der Waals surface area contributed by atoms with E-state index in [0.717, 1.165) is 6.32 Å². The van der Waals surface area contributed by atoms with Crippen LogP contribution in [0.1, 0.15) is 5.56 Å². The Bertz CT molecular complexity index is 567. The molecule has 0 saturated heterocycles. The molecule has 0 unspecified atom stereocenters. The topological polar surface area (TPSA) is 0 Å². The first-order chi connectivity index (χ1) is 8.95. The summed E-state index contributed by atoms with van der Waals surface area (Å²) in [6, 6.07) is 21.4. The maximum absolute atomic E-state index is 2.25. The number of hydrogen-bond acceptors (Lipinski definition) is 0. The second-order valence-corrected chi connectivity index (χ2v) is 4.62. The normalized spacial score (nSPS) is 14.4. The van der Waals surface area contributed by atoms with Crippen LogP contribution in [0.25, 0.3) is 5.47 Å². The van der Waals surface area contributed by atoms with Gasteiger partial charge in [0.15, 0.2) is 0 Å². The molecule has 0 aliphatic carbocycles. The summed E-state index contributed by atoms with van der Waals surface area (Å²) in [5.74, 6) is 0. The van der Waals surface area contributed by atoms with Crippen LogP contribution in [-0.2, 0) is 0 Å². The highest BCUT2D eigenvalue weighted by Crippen LogP contribution is 2.23. The Morgan fingerprint density at radius 2 is 1.44 bits per heavy atom. The van der Waals surface area contributed by atoms with E-state index in [1.807, 2.05) is 0 Å². The van der Waals surface area contributed by atoms with Gasteiger partial charge < -0.3 is 0 Å². The molecule has 0 aromatic heterocycles. The van der Waals surface area contributed by atoms with Crippen LogP contribution >= 0.6 is 0 Å². The minimum absolute atomic E-state index is 0.485. The Hall–Kier alpha value is -2.02. The molecule has 1 aliphatic rings. The summed E-state index contributed by atoms with van der Waals surface area (Å²) in [4.78, 5) is 0. The zero-order valence-corrected chi connectivity index (χ0v) is 10.3. The predicted molar refractivity (Wildman–Crippen MR) is 80.2 cm³/mol. The van der Waals surface area contributed by atoms with Crippen molar-refractivity contribution < 1.29 is 0 Å². The van der Waals surface area contributed by atoms with Gasteiger partial charge in [0, 0.05) is 0 Å². The van der Waals surface area contributed by atoms with E-state index in [9.17, 15) is 0 Å². The Labute approximate surface area is 109 Å². The summed E-state index contributed by atoms with van der Waals surface area (Å²) < 4.78 is 0. The quantitative estimate of drug-likeness (QED) is 0.691. The van der Waals surface area contributed by atoms with Crippen LogP contribution in [0.4, 0.5) is 0 Å². The molecule has 0 saturated carbocycles. The van der Waals surface area contributed by atoms with Crippen molar-refractivity contribution in [2.75, 3.05) is 0 Å². The summed E-state index contributed by atoms with van der Waals surface area (Å²) in [5.41, 5.74) is 4.15. The standard InChI is InChI=1S/C17H15B/c1-3-9-15(10-4-1)17-13-7-8-14-18(17)16-11-5-2-6-12-16/h1-13H,14H2. The van der Waals surface area contributed by atoms with Crippen LogP contribution in [-0.4, -0.2) is 6.71 Å². The van der Waals surface area contributed by atoms with E-state index in [4.69, 9.17) is 0 Å². The Kier molecular flexibility index (Phi) is 3.14. The molecule has 0 nitrogen and oxygen atoms in total. The Balaban J connectivity index is 2.01. The van der Waals surface area contributed by atoms with Gasteiger partial charge in [-0.3, -0.25) is 0 Å². The average Bonchev–Trinajstić information content (AvgIpc) is 2.49. The lowest BCUT2D eigenvalue weighted by molar-refractivity contribution is 1.57. The molecule has 0 fully saturated rings. The van der Waals surface area contributed by atoms with Gasteiger partial charge in [-0.1, -0.05) is 89.8 Å². The van der Waals surface area contributed by atoms with Crippen LogP contribution in [0.3, 0.4) is 0 Å². The van der Waals surface area contributed by atoms with Crippen LogP contribution in [0, 0.1) is 0 Å². The SMILES string of the molecule is C1=CCB(c2ccccc2)C(c2ccccc2)=C1. The smallest absolute Gasteiger partial charge is 0.0910 e. The van der Waals surface area contributed by atoms with E-state index < -0.39 is 0 Å². The van der Waals surface area contributed by atoms with E-state index in [0.29, 0.717) is 6.71 Å². The first kappa shape index (κ1) is 11.1. The third-order valence-electron chi connectivity index (χ3n) is 3.47. The van der Waals surface area contributed by atoms with Gasteiger partial charge >= 0.3 is 0 Å². The molecule has 1 heterocycles. The van der Waals surface area contributed by atoms with Crippen molar-refractivity contribution in [3.8, 4) is 0 Å². The minimum Gasteiger partial charge on any atom is -0.0910 e. The van der Waals surface area contributed by atoms with E-state index in [-0.39, 0.29) is 0 Å². The first-order valence-corrected chi connectivity index (χ1v) is 6.42. The van der Waals surface area contributed by atoms with E-state index >= 15 is 0 Å². The van der Waals surface area contributed by atoms with Crippen molar-refractivity contribution in [3.05, 3.63) is 84.5 Å². The monoisotopic (exact) mass is 230 g/mol. The Morgan fingerprint density at radius 1 is 0.778 bits per heavy atom. The molecule has 0 radical (unpaired) electrons. The molecule has 3 rings (SSSR count). The number of allylic oxidation sites excluding steroid dienone is 3. The third-order valence-corrected chi connectivity index (χ3v) is 3.47. The molecule has 0 spiro atoms. The predicted octanol–water partition coefficient (Wildman–Crippen LogP) is 3.58. The summed E-state index contributed by atoms with van der Waals surface area (Å²) in [6.07, 6.45) is 7.76. The van der Waals surface area contributed by atoms with Gasteiger partial charge in [-0.15, -0.1) is 0 Å². The molecule has 0 bridgehead atoms. The van der Waals surface area contributed by atoms with Gasteiger partial charge in [-0.05, 0) is 11.9 Å². The van der Waals surface area contributed by atoms with Gasteiger partial charge in [0.25, 0.3) is 0 Å². The number of rotatable bonds is 2. The lowest BCUT2D eigenvalue weighted by atomic mass is 9.36. The molecule has 0 N–H and O–H groups in total. The van der Waals surface area contributed by atoms with E-state index in [1.54, 1.807) is 0 Å². The maximum Gasteiger partial charge on any atom is 0.213 e. The van der Waals surface area contributed by atoms with Crippen molar-refractivity contribution in [1.82, 2.24) is 0 Å². The fourth-order valence-corrected chi connectivity index (χ4v) is 2.56. The van der Waals surface area contributed by atoms with Crippen molar-refractivity contribution in [1.29, 1.82) is 0 Å². The molecule has 1 aliphatic heterocycles. The molecule has 18 heavy (non-hydrogen) atoms. The van der Waals surface area contributed by atoms with Crippen LogP contribution in [0.2, 0.25) is 6.32 Å². The van der Waals surface area contributed by atoms with Crippen molar-refractivity contribution in [2.24, 2.45) is 0 Å². The van der Waals surface area contributed by atoms with E-state index in [2.05, 4.69) is 78.9 Å². The summed E-state index contributed by atoms with van der Waals surface area (Å²) in [5, 5.41) is 0. The molecule has 86 valence electrons. The molecule has 1 heteroatoms. The molecule has 2 aromatic rings. The van der Waals surface area contributed by atoms with E-state index in [1.165, 1.54) is 16.5 Å². The van der Waals surface area contributed by atoms with Crippen molar-refractivity contribution in [3.63, 3.8) is 0 Å². The minimum atomic E-state index is 0.485. The lowest BCUT2D eigenvalue weighted by Crippen LogP contribution is -2.32. The molecular formula is C17H15B. The fraction of sp³-hybridized carbons (Fsp3) is 0.0588. The molecule has 0 atom stereocenters. The third kappa shape index (κ3) is 2.17. The second kappa shape index (κ2) is 5.09. The summed E-state index contributed by atoms with van der Waals surface area (Å²) >= 11 is 0. The van der Waals surface area contributed by atoms with Crippen LogP contribution in [0.5, 0.6) is 0 Å². The molecular weight excluding hydrogens is 215 g/mol. The van der Waals surface area contributed by atoms with Crippen LogP contribution in [0.15, 0.2) is 78.9 Å². The maximum atomic E-state index is 2.25. The fourth-order valence-electron chi connectivity index (χ4n) is 2.56. The average molecular weight is 230 g/mol. The van der Waals surface area contributed by atoms with Gasteiger partial charge in [0.05, 0.1) is 0 Å².